The summed E-state index contributed by atoms with van der Waals surface area (Å²) in [6.45, 7) is 12.7. The smallest absolute Gasteiger partial charge is 0.0937 e. The van der Waals surface area contributed by atoms with E-state index in [1.165, 1.54) is 0 Å². The number of hydrogen-bond donors (Lipinski definition) is 1. The molecule has 0 bridgehead atoms. The molecule has 1 N–H and O–H groups in total. The van der Waals surface area contributed by atoms with Gasteiger partial charge in [0, 0.05) is 11.8 Å². The molecule has 90 valence electrons. The van der Waals surface area contributed by atoms with Crippen LogP contribution >= 0.6 is 0 Å². The third-order valence-corrected chi connectivity index (χ3v) is 9.35. The van der Waals surface area contributed by atoms with Crippen molar-refractivity contribution >= 4 is 13.8 Å². The molecule has 0 saturated carbocycles. The lowest BCUT2D eigenvalue weighted by Crippen LogP contribution is -2.49. The maximum Gasteiger partial charge on any atom is 0.0937 e. The number of aliphatic hydroxyl groups is 1. The van der Waals surface area contributed by atoms with Crippen molar-refractivity contribution in [2.75, 3.05) is 0 Å². The Morgan fingerprint density at radius 1 is 1.13 bits per heavy atom. The van der Waals surface area contributed by atoms with Gasteiger partial charge in [0.15, 0.2) is 0 Å². The lowest BCUT2D eigenvalue weighted by Gasteiger charge is -2.33. The lowest BCUT2D eigenvalue weighted by atomic mass is 10.4. The number of aliphatic hydroxyl groups excluding tert-OH is 1. The van der Waals surface area contributed by atoms with Gasteiger partial charge < -0.3 is 5.11 Å². The topological polar surface area (TPSA) is 32.6 Å². The molecule has 0 radical (unpaired) electrons. The highest BCUT2D eigenvalue weighted by molar-refractivity contribution is 6.83. The molecule has 1 unspecified atom stereocenters. The third kappa shape index (κ3) is 3.72. The Morgan fingerprint density at radius 3 is 1.80 bits per heavy atom. The van der Waals surface area contributed by atoms with Crippen molar-refractivity contribution in [2.24, 2.45) is 4.99 Å². The molecule has 0 aliphatic rings. The van der Waals surface area contributed by atoms with Crippen LogP contribution in [0.4, 0.5) is 0 Å². The number of hydrogen-bond acceptors (Lipinski definition) is 2. The fourth-order valence-electron chi connectivity index (χ4n) is 2.25. The van der Waals surface area contributed by atoms with Gasteiger partial charge in [0.05, 0.1) is 13.8 Å². The standard InChI is InChI=1S/C12H27NOSi/c1-7-15(8-2,9-3)12(14)11(6)13-10(4)5/h10,12,14H,7-9H2,1-6H3. The van der Waals surface area contributed by atoms with Crippen LogP contribution < -0.4 is 0 Å². The zero-order valence-corrected chi connectivity index (χ0v) is 12.2. The second-order valence-corrected chi connectivity index (χ2v) is 10.1. The maximum absolute atomic E-state index is 10.4. The molecule has 0 fully saturated rings. The maximum atomic E-state index is 10.4. The van der Waals surface area contributed by atoms with E-state index in [0.29, 0.717) is 0 Å². The van der Waals surface area contributed by atoms with Crippen molar-refractivity contribution in [3.63, 3.8) is 0 Å². The van der Waals surface area contributed by atoms with Crippen LogP contribution in [0.1, 0.15) is 41.5 Å². The summed E-state index contributed by atoms with van der Waals surface area (Å²) in [6, 6.07) is 3.72. The van der Waals surface area contributed by atoms with E-state index in [1.54, 1.807) is 0 Å². The van der Waals surface area contributed by atoms with E-state index in [1.807, 2.05) is 6.92 Å². The molecule has 0 aromatic carbocycles. The molecular weight excluding hydrogens is 202 g/mol. The summed E-state index contributed by atoms with van der Waals surface area (Å²) in [4.78, 5) is 4.49. The van der Waals surface area contributed by atoms with E-state index >= 15 is 0 Å². The van der Waals surface area contributed by atoms with Crippen molar-refractivity contribution in [1.29, 1.82) is 0 Å². The van der Waals surface area contributed by atoms with Crippen LogP contribution in [0.2, 0.25) is 18.1 Å². The Morgan fingerprint density at radius 2 is 1.53 bits per heavy atom. The molecule has 3 heteroatoms. The van der Waals surface area contributed by atoms with Crippen molar-refractivity contribution in [1.82, 2.24) is 0 Å². The highest BCUT2D eigenvalue weighted by Crippen LogP contribution is 2.25. The first-order valence-electron chi connectivity index (χ1n) is 6.15. The van der Waals surface area contributed by atoms with Gasteiger partial charge in [0.1, 0.15) is 0 Å². The Balaban J connectivity index is 4.85. The van der Waals surface area contributed by atoms with E-state index in [0.717, 1.165) is 23.8 Å². The summed E-state index contributed by atoms with van der Waals surface area (Å²) in [5.41, 5.74) is 0.696. The second-order valence-electron chi connectivity index (χ2n) is 4.69. The molecule has 0 aromatic heterocycles. The minimum atomic E-state index is -1.53. The fraction of sp³-hybridized carbons (Fsp3) is 0.917. The predicted octanol–water partition coefficient (Wildman–Crippen LogP) is 3.26. The Hall–Kier alpha value is -0.153. The van der Waals surface area contributed by atoms with Crippen molar-refractivity contribution in [2.45, 2.75) is 71.4 Å². The van der Waals surface area contributed by atoms with Gasteiger partial charge in [-0.15, -0.1) is 0 Å². The molecule has 15 heavy (non-hydrogen) atoms. The summed E-state index contributed by atoms with van der Waals surface area (Å²) in [5, 5.41) is 10.4. The minimum Gasteiger partial charge on any atom is -0.391 e. The number of rotatable bonds is 6. The molecule has 0 rings (SSSR count). The van der Waals surface area contributed by atoms with Gasteiger partial charge in [-0.3, -0.25) is 4.99 Å². The van der Waals surface area contributed by atoms with Crippen molar-refractivity contribution in [3.05, 3.63) is 0 Å². The Bertz CT molecular complexity index is 201. The predicted molar refractivity (Wildman–Crippen MR) is 71.4 cm³/mol. The van der Waals surface area contributed by atoms with Gasteiger partial charge >= 0.3 is 0 Å². The molecule has 0 amide bonds. The number of aliphatic imine (C=N–C) groups is 1. The SMILES string of the molecule is CC[Si](CC)(CC)C(O)C(C)=NC(C)C. The van der Waals surface area contributed by atoms with Crippen molar-refractivity contribution in [3.8, 4) is 0 Å². The van der Waals surface area contributed by atoms with Gasteiger partial charge in [0.25, 0.3) is 0 Å². The van der Waals surface area contributed by atoms with E-state index < -0.39 is 8.07 Å². The van der Waals surface area contributed by atoms with Gasteiger partial charge in [-0.25, -0.2) is 0 Å². The Labute approximate surface area is 95.8 Å². The van der Waals surface area contributed by atoms with E-state index in [-0.39, 0.29) is 11.8 Å². The molecule has 0 aromatic rings. The van der Waals surface area contributed by atoms with Crippen LogP contribution in [0.3, 0.4) is 0 Å². The zero-order valence-electron chi connectivity index (χ0n) is 11.2. The molecule has 1 atom stereocenters. The van der Waals surface area contributed by atoms with Crippen LogP contribution in [0.25, 0.3) is 0 Å². The first-order valence-corrected chi connectivity index (χ1v) is 8.85. The fourth-order valence-corrected chi connectivity index (χ4v) is 5.87. The van der Waals surface area contributed by atoms with E-state index in [2.05, 4.69) is 39.6 Å². The molecule has 0 heterocycles. The summed E-state index contributed by atoms with van der Waals surface area (Å²) < 4.78 is 0. The highest BCUT2D eigenvalue weighted by atomic mass is 28.3. The average Bonchev–Trinajstić information content (AvgIpc) is 2.20. The number of nitrogens with zero attached hydrogens (tertiary/aromatic N) is 1. The van der Waals surface area contributed by atoms with Crippen LogP contribution in [0.15, 0.2) is 4.99 Å². The highest BCUT2D eigenvalue weighted by Gasteiger charge is 2.36. The molecule has 0 spiro atoms. The summed E-state index contributed by atoms with van der Waals surface area (Å²) in [7, 11) is -1.53. The van der Waals surface area contributed by atoms with Gasteiger partial charge in [-0.05, 0) is 20.8 Å². The quantitative estimate of drug-likeness (QED) is 0.550. The van der Waals surface area contributed by atoms with E-state index in [9.17, 15) is 5.11 Å². The van der Waals surface area contributed by atoms with Gasteiger partial charge in [0.2, 0.25) is 0 Å². The normalized spacial score (nSPS) is 15.9. The van der Waals surface area contributed by atoms with Gasteiger partial charge in [-0.1, -0.05) is 38.9 Å². The lowest BCUT2D eigenvalue weighted by molar-refractivity contribution is 0.302. The first kappa shape index (κ1) is 14.8. The zero-order chi connectivity index (χ0) is 12.1. The largest absolute Gasteiger partial charge is 0.391 e. The third-order valence-electron chi connectivity index (χ3n) is 3.55. The van der Waals surface area contributed by atoms with Gasteiger partial charge in [-0.2, -0.15) is 0 Å². The van der Waals surface area contributed by atoms with Crippen LogP contribution in [-0.4, -0.2) is 30.7 Å². The van der Waals surface area contributed by atoms with Crippen LogP contribution in [-0.2, 0) is 0 Å². The second kappa shape index (κ2) is 6.43. The summed E-state index contributed by atoms with van der Waals surface area (Å²) >= 11 is 0. The molecular formula is C12H27NOSi. The van der Waals surface area contributed by atoms with Crippen LogP contribution in [0.5, 0.6) is 0 Å². The molecule has 0 aliphatic carbocycles. The molecule has 2 nitrogen and oxygen atoms in total. The van der Waals surface area contributed by atoms with E-state index in [4.69, 9.17) is 0 Å². The van der Waals surface area contributed by atoms with Crippen LogP contribution in [0, 0.1) is 0 Å². The Kier molecular flexibility index (Phi) is 6.37. The summed E-state index contributed by atoms with van der Waals surface area (Å²) in [5.74, 6) is 0. The summed E-state index contributed by atoms with van der Waals surface area (Å²) in [6.07, 6.45) is 0. The first-order chi connectivity index (χ1) is 6.93. The minimum absolute atomic E-state index is 0.250. The van der Waals surface area contributed by atoms with Crippen molar-refractivity contribution < 1.29 is 5.11 Å². The molecule has 0 aliphatic heterocycles. The monoisotopic (exact) mass is 229 g/mol. The average molecular weight is 229 g/mol. The molecule has 0 saturated heterocycles.